The van der Waals surface area contributed by atoms with Gasteiger partial charge in [-0.2, -0.15) is 0 Å². The highest BCUT2D eigenvalue weighted by Gasteiger charge is 2.36. The lowest BCUT2D eigenvalue weighted by molar-refractivity contribution is -0.111. The number of piperidine rings is 1. The van der Waals surface area contributed by atoms with E-state index >= 15 is 0 Å². The van der Waals surface area contributed by atoms with E-state index in [1.165, 1.54) is 18.6 Å². The predicted octanol–water partition coefficient (Wildman–Crippen LogP) is 1.96. The molecule has 2 aromatic rings. The summed E-state index contributed by atoms with van der Waals surface area (Å²) in [7, 11) is 0. The molecule has 0 aliphatic carbocycles. The van der Waals surface area contributed by atoms with Crippen molar-refractivity contribution < 1.29 is 19.7 Å². The van der Waals surface area contributed by atoms with Crippen LogP contribution >= 0.6 is 11.6 Å². The summed E-state index contributed by atoms with van der Waals surface area (Å²) in [6, 6.07) is 3.80. The van der Waals surface area contributed by atoms with Crippen molar-refractivity contribution in [1.82, 2.24) is 9.97 Å². The lowest BCUT2D eigenvalue weighted by atomic mass is 9.96. The van der Waals surface area contributed by atoms with Gasteiger partial charge in [0.05, 0.1) is 28.6 Å². The SMILES string of the molecule is C[C@]1(CO)Cc2cc(NC(=O)C(=CN)c3ncc(Cl)cn3)c(N3CCC(CO)CC3)cc2O1. The van der Waals surface area contributed by atoms with Crippen LogP contribution in [-0.2, 0) is 11.2 Å². The largest absolute Gasteiger partial charge is 0.484 e. The van der Waals surface area contributed by atoms with Crippen molar-refractivity contribution in [3.05, 3.63) is 47.1 Å². The fourth-order valence-corrected chi connectivity index (χ4v) is 4.35. The fraction of sp³-hybridized carbons (Fsp3) is 0.435. The fourth-order valence-electron chi connectivity index (χ4n) is 4.25. The number of hydrogen-bond donors (Lipinski definition) is 4. The third-order valence-corrected chi connectivity index (χ3v) is 6.36. The van der Waals surface area contributed by atoms with Crippen molar-refractivity contribution in [3.8, 4) is 5.75 Å². The van der Waals surface area contributed by atoms with Crippen LogP contribution in [0.5, 0.6) is 5.75 Å². The first-order chi connectivity index (χ1) is 15.9. The molecular formula is C23H28ClN5O4. The minimum atomic E-state index is -0.703. The molecule has 4 rings (SSSR count). The van der Waals surface area contributed by atoms with E-state index in [0.717, 1.165) is 37.2 Å². The monoisotopic (exact) mass is 473 g/mol. The van der Waals surface area contributed by atoms with Gasteiger partial charge in [-0.05, 0) is 31.7 Å². The van der Waals surface area contributed by atoms with Crippen molar-refractivity contribution in [1.29, 1.82) is 0 Å². The van der Waals surface area contributed by atoms with E-state index in [4.69, 9.17) is 22.1 Å². The molecule has 1 aromatic heterocycles. The predicted molar refractivity (Wildman–Crippen MR) is 126 cm³/mol. The zero-order chi connectivity index (χ0) is 23.6. The third-order valence-electron chi connectivity index (χ3n) is 6.17. The quantitative estimate of drug-likeness (QED) is 0.468. The average Bonchev–Trinajstić information content (AvgIpc) is 3.16. The smallest absolute Gasteiger partial charge is 0.261 e. The molecule has 2 aliphatic rings. The molecule has 1 amide bonds. The van der Waals surface area contributed by atoms with Crippen LogP contribution in [0, 0.1) is 5.92 Å². The molecule has 1 atom stereocenters. The Kier molecular flexibility index (Phi) is 6.73. The molecule has 176 valence electrons. The molecule has 33 heavy (non-hydrogen) atoms. The Hall–Kier alpha value is -2.88. The van der Waals surface area contributed by atoms with Gasteiger partial charge >= 0.3 is 0 Å². The number of benzene rings is 1. The normalized spacial score (nSPS) is 21.0. The van der Waals surface area contributed by atoms with E-state index < -0.39 is 11.5 Å². The number of rotatable bonds is 6. The highest BCUT2D eigenvalue weighted by atomic mass is 35.5. The number of halogens is 1. The first-order valence-corrected chi connectivity index (χ1v) is 11.3. The molecule has 1 aromatic carbocycles. The van der Waals surface area contributed by atoms with Crippen molar-refractivity contribution >= 4 is 34.5 Å². The first-order valence-electron chi connectivity index (χ1n) is 10.9. The Morgan fingerprint density at radius 1 is 1.33 bits per heavy atom. The van der Waals surface area contributed by atoms with Crippen LogP contribution in [0.15, 0.2) is 30.7 Å². The summed E-state index contributed by atoms with van der Waals surface area (Å²) in [5, 5.41) is 22.6. The van der Waals surface area contributed by atoms with E-state index in [1.807, 2.05) is 19.1 Å². The van der Waals surface area contributed by atoms with Gasteiger partial charge in [-0.3, -0.25) is 4.79 Å². The molecule has 0 spiro atoms. The van der Waals surface area contributed by atoms with Crippen LogP contribution in [-0.4, -0.2) is 58.0 Å². The molecule has 1 saturated heterocycles. The van der Waals surface area contributed by atoms with Gasteiger partial charge in [0.1, 0.15) is 11.4 Å². The first kappa shape index (κ1) is 23.3. The number of aliphatic hydroxyl groups is 2. The maximum Gasteiger partial charge on any atom is 0.261 e. The second kappa shape index (κ2) is 9.54. The minimum Gasteiger partial charge on any atom is -0.484 e. The highest BCUT2D eigenvalue weighted by Crippen LogP contribution is 2.42. The number of amides is 1. The topological polar surface area (TPSA) is 134 Å². The summed E-state index contributed by atoms with van der Waals surface area (Å²) in [5.41, 5.74) is 7.48. The van der Waals surface area contributed by atoms with Crippen LogP contribution in [0.2, 0.25) is 5.02 Å². The van der Waals surface area contributed by atoms with Crippen LogP contribution in [0.25, 0.3) is 5.57 Å². The van der Waals surface area contributed by atoms with Gasteiger partial charge in [-0.25, -0.2) is 9.97 Å². The Morgan fingerprint density at radius 3 is 2.64 bits per heavy atom. The highest BCUT2D eigenvalue weighted by molar-refractivity contribution is 6.30. The van der Waals surface area contributed by atoms with Gasteiger partial charge in [0.25, 0.3) is 5.91 Å². The zero-order valence-corrected chi connectivity index (χ0v) is 19.2. The van der Waals surface area contributed by atoms with Crippen molar-refractivity contribution in [2.75, 3.05) is 36.5 Å². The number of aliphatic hydroxyl groups excluding tert-OH is 2. The number of fused-ring (bicyclic) bond motifs is 1. The summed E-state index contributed by atoms with van der Waals surface area (Å²) < 4.78 is 6.03. The van der Waals surface area contributed by atoms with E-state index in [2.05, 4.69) is 20.2 Å². The number of carbonyl (C=O) groups is 1. The molecule has 0 bridgehead atoms. The van der Waals surface area contributed by atoms with Crippen LogP contribution in [0.4, 0.5) is 11.4 Å². The molecular weight excluding hydrogens is 446 g/mol. The van der Waals surface area contributed by atoms with Gasteiger partial charge in [-0.1, -0.05) is 11.6 Å². The molecule has 2 aliphatic heterocycles. The number of ether oxygens (including phenoxy) is 1. The van der Waals surface area contributed by atoms with Crippen LogP contribution in [0.1, 0.15) is 31.2 Å². The summed E-state index contributed by atoms with van der Waals surface area (Å²) >= 11 is 5.86. The Balaban J connectivity index is 1.65. The molecule has 1 fully saturated rings. The standard InChI is InChI=1S/C23H28ClN5O4/c1-23(13-31)8-15-6-18(28-22(32)17(9-25)21-26-10-16(24)11-27-21)19(7-20(15)33-23)29-4-2-14(12-30)3-5-29/h6-7,9-11,14,30-31H,2-5,8,12-13,25H2,1H3,(H,28,32)/t23-/m1/s1. The Bertz CT molecular complexity index is 1050. The Labute approximate surface area is 197 Å². The van der Waals surface area contributed by atoms with Crippen molar-refractivity contribution in [2.45, 2.75) is 31.8 Å². The van der Waals surface area contributed by atoms with Gasteiger partial charge in [0.15, 0.2) is 5.82 Å². The maximum atomic E-state index is 13.2. The average molecular weight is 474 g/mol. The van der Waals surface area contributed by atoms with Crippen molar-refractivity contribution in [3.63, 3.8) is 0 Å². The van der Waals surface area contributed by atoms with E-state index in [1.54, 1.807) is 0 Å². The molecule has 5 N–H and O–H groups in total. The maximum absolute atomic E-state index is 13.2. The van der Waals surface area contributed by atoms with Gasteiger partial charge in [0, 0.05) is 56.3 Å². The number of anilines is 2. The lowest BCUT2D eigenvalue weighted by Gasteiger charge is -2.34. The number of nitrogens with two attached hydrogens (primary N) is 1. The summed E-state index contributed by atoms with van der Waals surface area (Å²) in [4.78, 5) is 23.5. The van der Waals surface area contributed by atoms with Gasteiger partial charge < -0.3 is 30.9 Å². The molecule has 9 nitrogen and oxygen atoms in total. The van der Waals surface area contributed by atoms with E-state index in [-0.39, 0.29) is 30.5 Å². The number of aromatic nitrogens is 2. The zero-order valence-electron chi connectivity index (χ0n) is 18.4. The van der Waals surface area contributed by atoms with E-state index in [0.29, 0.717) is 22.9 Å². The molecule has 10 heteroatoms. The molecule has 3 heterocycles. The summed E-state index contributed by atoms with van der Waals surface area (Å²) in [5.74, 6) is 0.688. The van der Waals surface area contributed by atoms with Crippen molar-refractivity contribution in [2.24, 2.45) is 11.7 Å². The number of carbonyl (C=O) groups excluding carboxylic acids is 1. The number of hydrogen-bond acceptors (Lipinski definition) is 8. The second-order valence-electron chi connectivity index (χ2n) is 8.74. The lowest BCUT2D eigenvalue weighted by Crippen LogP contribution is -2.35. The Morgan fingerprint density at radius 2 is 2.03 bits per heavy atom. The summed E-state index contributed by atoms with van der Waals surface area (Å²) in [6.45, 7) is 3.39. The number of nitrogens with zero attached hydrogens (tertiary/aromatic N) is 3. The number of nitrogens with one attached hydrogen (secondary N) is 1. The van der Waals surface area contributed by atoms with E-state index in [9.17, 15) is 15.0 Å². The van der Waals surface area contributed by atoms with Crippen LogP contribution < -0.4 is 20.7 Å². The van der Waals surface area contributed by atoms with Crippen LogP contribution in [0.3, 0.4) is 0 Å². The second-order valence-corrected chi connectivity index (χ2v) is 9.17. The minimum absolute atomic E-state index is 0.117. The summed E-state index contributed by atoms with van der Waals surface area (Å²) in [6.07, 6.45) is 6.20. The molecule has 0 saturated carbocycles. The third kappa shape index (κ3) is 4.90. The molecule has 0 unspecified atom stereocenters. The van der Waals surface area contributed by atoms with Gasteiger partial charge in [0.2, 0.25) is 0 Å². The van der Waals surface area contributed by atoms with Gasteiger partial charge in [-0.15, -0.1) is 0 Å². The molecule has 0 radical (unpaired) electrons.